The summed E-state index contributed by atoms with van der Waals surface area (Å²) in [4.78, 5) is 30.9. The Morgan fingerprint density at radius 1 is 1.04 bits per heavy atom. The molecule has 0 saturated carbocycles. The van der Waals surface area contributed by atoms with Gasteiger partial charge in [0.15, 0.2) is 0 Å². The van der Waals surface area contributed by atoms with Crippen molar-refractivity contribution in [2.75, 3.05) is 17.3 Å². The molecule has 1 N–H and O–H groups in total. The van der Waals surface area contributed by atoms with Crippen LogP contribution < -0.4 is 10.2 Å². The van der Waals surface area contributed by atoms with Gasteiger partial charge in [0.1, 0.15) is 9.88 Å². The highest BCUT2D eigenvalue weighted by Crippen LogP contribution is 2.31. The van der Waals surface area contributed by atoms with Gasteiger partial charge in [0, 0.05) is 30.9 Å². The lowest BCUT2D eigenvalue weighted by Gasteiger charge is -2.15. The molecule has 0 fully saturated rings. The summed E-state index contributed by atoms with van der Waals surface area (Å²) in [6.07, 6.45) is 0. The molecule has 2 aromatic carbocycles. The first kappa shape index (κ1) is 19.8. The van der Waals surface area contributed by atoms with Crippen LogP contribution in [0.1, 0.15) is 33.4 Å². The molecule has 0 bridgehead atoms. The number of carbonyl (C=O) groups is 2. The van der Waals surface area contributed by atoms with Crippen molar-refractivity contribution in [2.24, 2.45) is 0 Å². The topological polar surface area (TPSA) is 62.3 Å². The van der Waals surface area contributed by atoms with E-state index in [1.54, 1.807) is 36.2 Å². The van der Waals surface area contributed by atoms with Crippen molar-refractivity contribution in [3.63, 3.8) is 0 Å². The van der Waals surface area contributed by atoms with E-state index in [1.165, 1.54) is 23.8 Å². The molecule has 0 aliphatic carbocycles. The Kier molecular flexibility index (Phi) is 5.61. The van der Waals surface area contributed by atoms with Gasteiger partial charge in [-0.15, -0.1) is 11.3 Å². The van der Waals surface area contributed by atoms with Gasteiger partial charge in [-0.25, -0.2) is 4.98 Å². The fourth-order valence-corrected chi connectivity index (χ4v) is 3.97. The molecule has 5 nitrogen and oxygen atoms in total. The number of rotatable bonds is 4. The molecule has 6 heteroatoms. The summed E-state index contributed by atoms with van der Waals surface area (Å²) in [5, 5.41) is 3.76. The fourth-order valence-electron chi connectivity index (χ4n) is 2.91. The zero-order valence-electron chi connectivity index (χ0n) is 16.7. The van der Waals surface area contributed by atoms with Crippen molar-refractivity contribution in [1.29, 1.82) is 0 Å². The van der Waals surface area contributed by atoms with Gasteiger partial charge in [-0.2, -0.15) is 0 Å². The first-order valence-electron chi connectivity index (χ1n) is 8.97. The minimum atomic E-state index is -0.182. The number of nitrogens with zero attached hydrogens (tertiary/aromatic N) is 2. The third-order valence-electron chi connectivity index (χ3n) is 4.60. The Balaban J connectivity index is 1.80. The number of thiazole rings is 1. The van der Waals surface area contributed by atoms with Crippen LogP contribution in [-0.2, 0) is 4.79 Å². The van der Waals surface area contributed by atoms with E-state index in [1.807, 2.05) is 6.92 Å². The number of anilines is 2. The molecule has 1 heterocycles. The van der Waals surface area contributed by atoms with Crippen molar-refractivity contribution in [3.8, 4) is 10.6 Å². The lowest BCUT2D eigenvalue weighted by Crippen LogP contribution is -2.22. The van der Waals surface area contributed by atoms with Crippen molar-refractivity contribution >= 4 is 34.5 Å². The summed E-state index contributed by atoms with van der Waals surface area (Å²) in [5.41, 5.74) is 5.56. The largest absolute Gasteiger partial charge is 0.321 e. The molecule has 0 aliphatic heterocycles. The van der Waals surface area contributed by atoms with E-state index in [0.29, 0.717) is 16.3 Å². The highest BCUT2D eigenvalue weighted by Gasteiger charge is 2.17. The Bertz CT molecular complexity index is 1040. The van der Waals surface area contributed by atoms with Crippen molar-refractivity contribution in [3.05, 3.63) is 64.2 Å². The van der Waals surface area contributed by atoms with Crippen LogP contribution in [0.3, 0.4) is 0 Å². The average Bonchev–Trinajstić information content (AvgIpc) is 3.03. The zero-order chi connectivity index (χ0) is 20.4. The van der Waals surface area contributed by atoms with E-state index in [4.69, 9.17) is 0 Å². The van der Waals surface area contributed by atoms with E-state index in [0.717, 1.165) is 21.8 Å². The lowest BCUT2D eigenvalue weighted by atomic mass is 10.1. The molecule has 0 saturated heterocycles. The van der Waals surface area contributed by atoms with Crippen molar-refractivity contribution in [2.45, 2.75) is 27.7 Å². The molecule has 0 atom stereocenters. The van der Waals surface area contributed by atoms with Crippen LogP contribution in [-0.4, -0.2) is 23.8 Å². The van der Waals surface area contributed by atoms with E-state index in [-0.39, 0.29) is 11.8 Å². The number of hydrogen-bond donors (Lipinski definition) is 1. The molecule has 1 aromatic heterocycles. The van der Waals surface area contributed by atoms with Crippen LogP contribution in [0.5, 0.6) is 0 Å². The van der Waals surface area contributed by atoms with Gasteiger partial charge >= 0.3 is 0 Å². The average molecular weight is 394 g/mol. The second-order valence-corrected chi connectivity index (χ2v) is 7.83. The molecule has 3 rings (SSSR count). The van der Waals surface area contributed by atoms with Gasteiger partial charge in [0.2, 0.25) is 5.91 Å². The Labute approximate surface area is 169 Å². The molecule has 144 valence electrons. The lowest BCUT2D eigenvalue weighted by molar-refractivity contribution is -0.116. The van der Waals surface area contributed by atoms with Gasteiger partial charge in [-0.05, 0) is 50.6 Å². The van der Waals surface area contributed by atoms with Crippen LogP contribution in [0.4, 0.5) is 11.4 Å². The predicted octanol–water partition coefficient (Wildman–Crippen LogP) is 4.97. The molecular formula is C22H23N3O2S. The summed E-state index contributed by atoms with van der Waals surface area (Å²) >= 11 is 1.40. The Morgan fingerprint density at radius 3 is 2.32 bits per heavy atom. The van der Waals surface area contributed by atoms with Crippen LogP contribution in [0.15, 0.2) is 42.5 Å². The van der Waals surface area contributed by atoms with Gasteiger partial charge < -0.3 is 10.2 Å². The number of aryl methyl sites for hydroxylation is 3. The highest BCUT2D eigenvalue weighted by atomic mass is 32.1. The van der Waals surface area contributed by atoms with E-state index in [2.05, 4.69) is 42.3 Å². The van der Waals surface area contributed by atoms with E-state index in [9.17, 15) is 9.59 Å². The van der Waals surface area contributed by atoms with Crippen LogP contribution in [0.25, 0.3) is 10.6 Å². The SMILES string of the molecule is CC(=O)N(C)c1ccc(NC(=O)c2sc(-c3ccc(C)cc3C)nc2C)cc1. The zero-order valence-corrected chi connectivity index (χ0v) is 17.5. The normalized spacial score (nSPS) is 10.6. The molecule has 0 spiro atoms. The monoisotopic (exact) mass is 393 g/mol. The Morgan fingerprint density at radius 2 is 1.71 bits per heavy atom. The van der Waals surface area contributed by atoms with Crippen LogP contribution in [0.2, 0.25) is 0 Å². The molecule has 0 aliphatic rings. The minimum absolute atomic E-state index is 0.0454. The highest BCUT2D eigenvalue weighted by molar-refractivity contribution is 7.17. The second kappa shape index (κ2) is 7.94. The molecule has 28 heavy (non-hydrogen) atoms. The van der Waals surface area contributed by atoms with Crippen LogP contribution in [0, 0.1) is 20.8 Å². The molecule has 0 unspecified atom stereocenters. The van der Waals surface area contributed by atoms with Gasteiger partial charge in [-0.1, -0.05) is 23.8 Å². The van der Waals surface area contributed by atoms with E-state index < -0.39 is 0 Å². The maximum atomic E-state index is 12.7. The van der Waals surface area contributed by atoms with Crippen molar-refractivity contribution in [1.82, 2.24) is 4.98 Å². The van der Waals surface area contributed by atoms with E-state index >= 15 is 0 Å². The fraction of sp³-hybridized carbons (Fsp3) is 0.227. The number of aromatic nitrogens is 1. The summed E-state index contributed by atoms with van der Waals surface area (Å²) in [6, 6.07) is 13.4. The number of hydrogen-bond acceptors (Lipinski definition) is 4. The summed E-state index contributed by atoms with van der Waals surface area (Å²) in [5.74, 6) is -0.227. The quantitative estimate of drug-likeness (QED) is 0.681. The Hall–Kier alpha value is -2.99. The molecule has 3 aromatic rings. The molecular weight excluding hydrogens is 370 g/mol. The summed E-state index contributed by atoms with van der Waals surface area (Å²) in [7, 11) is 1.71. The second-order valence-electron chi connectivity index (χ2n) is 6.83. The standard InChI is InChI=1S/C22H23N3O2S/c1-13-6-11-19(14(2)12-13)22-23-15(3)20(28-22)21(27)24-17-7-9-18(10-8-17)25(5)16(4)26/h6-12H,1-5H3,(H,24,27). The van der Waals surface area contributed by atoms with Gasteiger partial charge in [0.25, 0.3) is 5.91 Å². The maximum Gasteiger partial charge on any atom is 0.267 e. The van der Waals surface area contributed by atoms with Gasteiger partial charge in [0.05, 0.1) is 5.69 Å². The third-order valence-corrected chi connectivity index (χ3v) is 5.79. The number of carbonyl (C=O) groups excluding carboxylic acids is 2. The maximum absolute atomic E-state index is 12.7. The number of amides is 2. The predicted molar refractivity (Wildman–Crippen MR) is 115 cm³/mol. The van der Waals surface area contributed by atoms with Gasteiger partial charge in [-0.3, -0.25) is 9.59 Å². The smallest absolute Gasteiger partial charge is 0.267 e. The summed E-state index contributed by atoms with van der Waals surface area (Å²) in [6.45, 7) is 7.47. The molecule has 0 radical (unpaired) electrons. The number of nitrogens with one attached hydrogen (secondary N) is 1. The first-order valence-corrected chi connectivity index (χ1v) is 9.78. The third kappa shape index (κ3) is 4.12. The first-order chi connectivity index (χ1) is 13.3. The van der Waals surface area contributed by atoms with Crippen molar-refractivity contribution < 1.29 is 9.59 Å². The number of benzene rings is 2. The summed E-state index contributed by atoms with van der Waals surface area (Å²) < 4.78 is 0. The molecule has 2 amide bonds. The van der Waals surface area contributed by atoms with Crippen LogP contribution >= 0.6 is 11.3 Å². The minimum Gasteiger partial charge on any atom is -0.321 e.